The molecule has 1 aromatic rings. The molecule has 0 aliphatic rings. The van der Waals surface area contributed by atoms with Crippen LogP contribution in [0.25, 0.3) is 0 Å². The van der Waals surface area contributed by atoms with Crippen LogP contribution in [-0.4, -0.2) is 34.6 Å². The highest BCUT2D eigenvalue weighted by molar-refractivity contribution is 5.41. The van der Waals surface area contributed by atoms with Crippen molar-refractivity contribution in [2.75, 3.05) is 7.11 Å². The minimum absolute atomic E-state index is 0.114. The van der Waals surface area contributed by atoms with Gasteiger partial charge in [-0.3, -0.25) is 0 Å². The summed E-state index contributed by atoms with van der Waals surface area (Å²) in [5, 5.41) is 28.6. The fraction of sp³-hybridized carbons (Fsp3) is 0.571. The molecule has 0 aliphatic carbocycles. The molecule has 1 aromatic carbocycles. The van der Waals surface area contributed by atoms with Crippen molar-refractivity contribution in [1.82, 2.24) is 0 Å². The molecule has 0 spiro atoms. The van der Waals surface area contributed by atoms with Gasteiger partial charge in [-0.1, -0.05) is 13.0 Å². The van der Waals surface area contributed by atoms with E-state index in [1.54, 1.807) is 18.2 Å². The Morgan fingerprint density at radius 1 is 1.22 bits per heavy atom. The summed E-state index contributed by atoms with van der Waals surface area (Å²) in [5.41, 5.74) is 0.995. The van der Waals surface area contributed by atoms with Gasteiger partial charge in [-0.15, -0.1) is 0 Å². The van der Waals surface area contributed by atoms with Crippen LogP contribution in [0.5, 0.6) is 11.5 Å². The summed E-state index contributed by atoms with van der Waals surface area (Å²) < 4.78 is 5.02. The van der Waals surface area contributed by atoms with Crippen LogP contribution in [0.3, 0.4) is 0 Å². The molecule has 3 N–H and O–H groups in total. The maximum absolute atomic E-state index is 9.75. The molecule has 1 rings (SSSR count). The van der Waals surface area contributed by atoms with E-state index in [-0.39, 0.29) is 5.75 Å². The number of benzene rings is 1. The van der Waals surface area contributed by atoms with Gasteiger partial charge in [-0.25, -0.2) is 0 Å². The second-order valence-electron chi connectivity index (χ2n) is 4.50. The van der Waals surface area contributed by atoms with Crippen LogP contribution in [0, 0.1) is 0 Å². The topological polar surface area (TPSA) is 69.9 Å². The van der Waals surface area contributed by atoms with Gasteiger partial charge in [-0.05, 0) is 43.4 Å². The number of aliphatic hydroxyl groups is 2. The maximum Gasteiger partial charge on any atom is 0.160 e. The van der Waals surface area contributed by atoms with Crippen molar-refractivity contribution in [3.63, 3.8) is 0 Å². The second-order valence-corrected chi connectivity index (χ2v) is 4.50. The molecule has 0 heterocycles. The molecule has 18 heavy (non-hydrogen) atoms. The van der Waals surface area contributed by atoms with Crippen molar-refractivity contribution >= 4 is 0 Å². The van der Waals surface area contributed by atoms with Crippen molar-refractivity contribution < 1.29 is 20.1 Å². The van der Waals surface area contributed by atoms with E-state index in [1.165, 1.54) is 7.11 Å². The third kappa shape index (κ3) is 4.55. The molecule has 2 atom stereocenters. The number of rotatable bonds is 7. The summed E-state index contributed by atoms with van der Waals surface area (Å²) in [5.74, 6) is 0.554. The van der Waals surface area contributed by atoms with Gasteiger partial charge in [0.15, 0.2) is 11.5 Å². The zero-order valence-electron chi connectivity index (χ0n) is 11.0. The molecule has 4 nitrogen and oxygen atoms in total. The van der Waals surface area contributed by atoms with Crippen LogP contribution in [-0.2, 0) is 6.42 Å². The van der Waals surface area contributed by atoms with E-state index in [0.717, 1.165) is 5.56 Å². The van der Waals surface area contributed by atoms with Crippen LogP contribution in [0.15, 0.2) is 18.2 Å². The Hall–Kier alpha value is -1.26. The fourth-order valence-electron chi connectivity index (χ4n) is 1.81. The summed E-state index contributed by atoms with van der Waals surface area (Å²) >= 11 is 0. The fourth-order valence-corrected chi connectivity index (χ4v) is 1.81. The molecule has 102 valence electrons. The summed E-state index contributed by atoms with van der Waals surface area (Å²) in [6, 6.07) is 5.15. The SMILES string of the molecule is CCC(O)CC(O)CCc1ccc(O)c(OC)c1. The molecule has 0 aliphatic heterocycles. The predicted octanol–water partition coefficient (Wildman–Crippen LogP) is 1.86. The first kappa shape index (κ1) is 14.8. The number of aliphatic hydroxyl groups excluding tert-OH is 2. The van der Waals surface area contributed by atoms with Gasteiger partial charge in [0.25, 0.3) is 0 Å². The Bertz CT molecular complexity index is 365. The van der Waals surface area contributed by atoms with Crippen molar-refractivity contribution in [3.05, 3.63) is 23.8 Å². The highest BCUT2D eigenvalue weighted by Crippen LogP contribution is 2.27. The van der Waals surface area contributed by atoms with Crippen LogP contribution in [0.1, 0.15) is 31.7 Å². The number of phenolic OH excluding ortho intramolecular Hbond substituents is 1. The standard InChI is InChI=1S/C14H22O4/c1-3-11(15)9-12(16)6-4-10-5-7-13(17)14(8-10)18-2/h5,7-8,11-12,15-17H,3-4,6,9H2,1-2H3. The number of methoxy groups -OCH3 is 1. The molecule has 2 unspecified atom stereocenters. The highest BCUT2D eigenvalue weighted by atomic mass is 16.5. The number of hydrogen-bond acceptors (Lipinski definition) is 4. The second kappa shape index (κ2) is 7.24. The number of phenols is 1. The number of hydrogen-bond donors (Lipinski definition) is 3. The van der Waals surface area contributed by atoms with E-state index in [1.807, 2.05) is 6.92 Å². The molecular formula is C14H22O4. The minimum atomic E-state index is -0.500. The van der Waals surface area contributed by atoms with Gasteiger partial charge in [0, 0.05) is 0 Å². The third-order valence-corrected chi connectivity index (χ3v) is 3.03. The Labute approximate surface area is 108 Å². The zero-order chi connectivity index (χ0) is 13.5. The lowest BCUT2D eigenvalue weighted by molar-refractivity contribution is 0.0739. The number of aromatic hydroxyl groups is 1. The molecular weight excluding hydrogens is 232 g/mol. The largest absolute Gasteiger partial charge is 0.504 e. The van der Waals surface area contributed by atoms with E-state index in [4.69, 9.17) is 4.74 Å². The molecule has 0 aromatic heterocycles. The molecule has 0 amide bonds. The maximum atomic E-state index is 9.75. The van der Waals surface area contributed by atoms with Gasteiger partial charge in [0.1, 0.15) is 0 Å². The van der Waals surface area contributed by atoms with Crippen molar-refractivity contribution in [2.45, 2.75) is 44.8 Å². The first-order valence-electron chi connectivity index (χ1n) is 6.28. The average Bonchev–Trinajstić information content (AvgIpc) is 2.37. The van der Waals surface area contributed by atoms with E-state index in [9.17, 15) is 15.3 Å². The first-order chi connectivity index (χ1) is 8.56. The molecule has 0 saturated heterocycles. The Morgan fingerprint density at radius 2 is 1.94 bits per heavy atom. The quantitative estimate of drug-likeness (QED) is 0.694. The number of ether oxygens (including phenoxy) is 1. The monoisotopic (exact) mass is 254 g/mol. The van der Waals surface area contributed by atoms with Gasteiger partial charge < -0.3 is 20.1 Å². The van der Waals surface area contributed by atoms with Gasteiger partial charge in [0.05, 0.1) is 19.3 Å². The van der Waals surface area contributed by atoms with E-state index >= 15 is 0 Å². The van der Waals surface area contributed by atoms with E-state index in [2.05, 4.69) is 0 Å². The lowest BCUT2D eigenvalue weighted by Crippen LogP contribution is -2.17. The van der Waals surface area contributed by atoms with Crippen molar-refractivity contribution in [2.24, 2.45) is 0 Å². The summed E-state index contributed by atoms with van der Waals surface area (Å²) in [4.78, 5) is 0. The van der Waals surface area contributed by atoms with Crippen LogP contribution in [0.2, 0.25) is 0 Å². The third-order valence-electron chi connectivity index (χ3n) is 3.03. The molecule has 0 bridgehead atoms. The molecule has 0 saturated carbocycles. The average molecular weight is 254 g/mol. The normalized spacial score (nSPS) is 14.2. The van der Waals surface area contributed by atoms with Gasteiger partial charge >= 0.3 is 0 Å². The number of aryl methyl sites for hydroxylation is 1. The summed E-state index contributed by atoms with van der Waals surface area (Å²) in [6.07, 6.45) is 1.41. The van der Waals surface area contributed by atoms with Crippen LogP contribution < -0.4 is 4.74 Å². The van der Waals surface area contributed by atoms with E-state index in [0.29, 0.717) is 31.4 Å². The van der Waals surface area contributed by atoms with Crippen LogP contribution in [0.4, 0.5) is 0 Å². The smallest absolute Gasteiger partial charge is 0.160 e. The Balaban J connectivity index is 2.48. The highest BCUT2D eigenvalue weighted by Gasteiger charge is 2.11. The molecule has 4 heteroatoms. The van der Waals surface area contributed by atoms with Crippen molar-refractivity contribution in [1.29, 1.82) is 0 Å². The van der Waals surface area contributed by atoms with Gasteiger partial charge in [0.2, 0.25) is 0 Å². The van der Waals surface area contributed by atoms with Crippen molar-refractivity contribution in [3.8, 4) is 11.5 Å². The lowest BCUT2D eigenvalue weighted by atomic mass is 10.0. The van der Waals surface area contributed by atoms with Crippen LogP contribution >= 0.6 is 0 Å². The Morgan fingerprint density at radius 3 is 2.56 bits per heavy atom. The molecule has 0 fully saturated rings. The summed E-state index contributed by atoms with van der Waals surface area (Å²) in [7, 11) is 1.51. The molecule has 0 radical (unpaired) electrons. The minimum Gasteiger partial charge on any atom is -0.504 e. The summed E-state index contributed by atoms with van der Waals surface area (Å²) in [6.45, 7) is 1.89. The first-order valence-corrected chi connectivity index (χ1v) is 6.28. The Kier molecular flexibility index (Phi) is 5.95. The zero-order valence-corrected chi connectivity index (χ0v) is 11.0. The van der Waals surface area contributed by atoms with E-state index < -0.39 is 12.2 Å². The lowest BCUT2D eigenvalue weighted by Gasteiger charge is -2.14. The predicted molar refractivity (Wildman–Crippen MR) is 69.9 cm³/mol. The van der Waals surface area contributed by atoms with Gasteiger partial charge in [-0.2, -0.15) is 0 Å².